The van der Waals surface area contributed by atoms with Crippen molar-refractivity contribution in [2.24, 2.45) is 11.8 Å². The highest BCUT2D eigenvalue weighted by Gasteiger charge is 2.30. The Morgan fingerprint density at radius 2 is 1.89 bits per heavy atom. The Hall–Kier alpha value is -3.62. The number of rotatable bonds is 11. The quantitative estimate of drug-likeness (QED) is 0.159. The first-order chi connectivity index (χ1) is 21.7. The van der Waals surface area contributed by atoms with Crippen LogP contribution in [0.1, 0.15) is 76.3 Å². The van der Waals surface area contributed by atoms with Crippen molar-refractivity contribution in [2.75, 3.05) is 13.1 Å². The van der Waals surface area contributed by atoms with Gasteiger partial charge in [0.2, 0.25) is 0 Å². The first-order valence-corrected chi connectivity index (χ1v) is 17.2. The van der Waals surface area contributed by atoms with E-state index in [2.05, 4.69) is 122 Å². The van der Waals surface area contributed by atoms with Crippen LogP contribution in [0.15, 0.2) is 120 Å². The highest BCUT2D eigenvalue weighted by molar-refractivity contribution is 5.75. The van der Waals surface area contributed by atoms with Gasteiger partial charge in [-0.25, -0.2) is 0 Å². The summed E-state index contributed by atoms with van der Waals surface area (Å²) in [7, 11) is 0. The number of benzene rings is 2. The van der Waals surface area contributed by atoms with Crippen LogP contribution in [0.5, 0.6) is 0 Å². The van der Waals surface area contributed by atoms with Crippen LogP contribution in [0.25, 0.3) is 11.1 Å². The topological polar surface area (TPSA) is 24.1 Å². The average Bonchev–Trinajstić information content (AvgIpc) is 3.08. The van der Waals surface area contributed by atoms with Crippen molar-refractivity contribution in [1.29, 1.82) is 0 Å². The van der Waals surface area contributed by atoms with Gasteiger partial charge in [-0.15, -0.1) is 0 Å². The third-order valence-electron chi connectivity index (χ3n) is 10.1. The summed E-state index contributed by atoms with van der Waals surface area (Å²) in [5.74, 6) is 1.39. The van der Waals surface area contributed by atoms with Crippen molar-refractivity contribution in [1.82, 2.24) is 10.6 Å². The molecule has 3 aliphatic carbocycles. The molecule has 228 valence electrons. The van der Waals surface area contributed by atoms with Gasteiger partial charge in [-0.1, -0.05) is 111 Å². The smallest absolute Gasteiger partial charge is 0.0398 e. The van der Waals surface area contributed by atoms with Crippen molar-refractivity contribution >= 4 is 11.1 Å². The Kier molecular flexibility index (Phi) is 10.3. The zero-order valence-electron chi connectivity index (χ0n) is 26.8. The van der Waals surface area contributed by atoms with E-state index in [1.807, 2.05) is 6.20 Å². The fraction of sp³-hybridized carbons (Fsp3) is 0.381. The third-order valence-corrected chi connectivity index (χ3v) is 10.1. The molecule has 6 rings (SSSR count). The number of dihydropyridines is 1. The molecule has 3 atom stereocenters. The van der Waals surface area contributed by atoms with Gasteiger partial charge >= 0.3 is 0 Å². The fourth-order valence-electron chi connectivity index (χ4n) is 7.61. The Balaban J connectivity index is 1.29. The summed E-state index contributed by atoms with van der Waals surface area (Å²) >= 11 is 0. The van der Waals surface area contributed by atoms with Gasteiger partial charge in [0.25, 0.3) is 0 Å². The van der Waals surface area contributed by atoms with E-state index in [4.69, 9.17) is 0 Å². The molecule has 2 heteroatoms. The summed E-state index contributed by atoms with van der Waals surface area (Å²) in [5, 5.41) is 10.2. The van der Waals surface area contributed by atoms with Crippen LogP contribution in [0.3, 0.4) is 0 Å². The molecule has 2 aromatic carbocycles. The van der Waals surface area contributed by atoms with E-state index in [0.717, 1.165) is 25.9 Å². The third kappa shape index (κ3) is 7.19. The Bertz CT molecular complexity index is 1630. The number of unbranched alkanes of at least 4 members (excludes halogenated alkanes) is 2. The zero-order chi connectivity index (χ0) is 30.1. The monoisotopic (exact) mass is 582 g/mol. The number of nitrogens with one attached hydrogen (secondary N) is 2. The summed E-state index contributed by atoms with van der Waals surface area (Å²) in [6, 6.07) is 18.9. The van der Waals surface area contributed by atoms with Crippen LogP contribution in [0, 0.1) is 11.8 Å². The van der Waals surface area contributed by atoms with Gasteiger partial charge < -0.3 is 10.6 Å². The largest absolute Gasteiger partial charge is 0.387 e. The lowest BCUT2D eigenvalue weighted by Gasteiger charge is -2.36. The first-order valence-electron chi connectivity index (χ1n) is 17.2. The Morgan fingerprint density at radius 3 is 2.75 bits per heavy atom. The molecule has 0 spiro atoms. The van der Waals surface area contributed by atoms with Crippen LogP contribution < -0.4 is 21.1 Å². The lowest BCUT2D eigenvalue weighted by Crippen LogP contribution is -2.41. The van der Waals surface area contributed by atoms with Gasteiger partial charge in [0, 0.05) is 19.1 Å². The second kappa shape index (κ2) is 14.9. The standard InChI is InChI=1S/C42H50N2/c1-3-4-5-13-32-14-10-17-34(28-32)38-26-25-37(40-20-8-9-21-41(38)40)31(2)23-24-36(35-18-12-27-43-29-35)30-44-42-22-11-16-33-15-6-7-19-39(33)42/h6,8-12,14-15,17-18,20-24,27-28,33,39,42-44H,3-5,7,13,16,19,25-26,29-30H2,1-2H3/b31-23+,36-24+. The van der Waals surface area contributed by atoms with Gasteiger partial charge in [0.15, 0.2) is 0 Å². The number of hydrogen-bond donors (Lipinski definition) is 2. The number of fused-ring (bicyclic) bond motifs is 2. The van der Waals surface area contributed by atoms with E-state index in [0.29, 0.717) is 17.9 Å². The molecule has 3 unspecified atom stereocenters. The van der Waals surface area contributed by atoms with Crippen molar-refractivity contribution < 1.29 is 0 Å². The maximum absolute atomic E-state index is 3.96. The zero-order valence-corrected chi connectivity index (χ0v) is 26.8. The van der Waals surface area contributed by atoms with Crippen molar-refractivity contribution in [2.45, 2.75) is 77.7 Å². The molecule has 44 heavy (non-hydrogen) atoms. The van der Waals surface area contributed by atoms with Crippen molar-refractivity contribution in [3.05, 3.63) is 142 Å². The highest BCUT2D eigenvalue weighted by atomic mass is 14.9. The summed E-state index contributed by atoms with van der Waals surface area (Å²) < 4.78 is 0. The van der Waals surface area contributed by atoms with Crippen LogP contribution >= 0.6 is 0 Å². The molecule has 4 aliphatic rings. The molecule has 0 radical (unpaired) electrons. The van der Waals surface area contributed by atoms with E-state index in [1.165, 1.54) is 94.4 Å². The molecular weight excluding hydrogens is 532 g/mol. The van der Waals surface area contributed by atoms with E-state index < -0.39 is 0 Å². The molecule has 0 aromatic heterocycles. The second-order valence-electron chi connectivity index (χ2n) is 13.0. The first kappa shape index (κ1) is 30.4. The van der Waals surface area contributed by atoms with Crippen molar-refractivity contribution in [3.8, 4) is 0 Å². The lowest BCUT2D eigenvalue weighted by atomic mass is 9.74. The number of allylic oxidation sites excluding steroid dienone is 8. The van der Waals surface area contributed by atoms with Crippen molar-refractivity contribution in [3.63, 3.8) is 0 Å². The Labute approximate surface area is 265 Å². The molecule has 2 N–H and O–H groups in total. The fourth-order valence-corrected chi connectivity index (χ4v) is 7.61. The van der Waals surface area contributed by atoms with Gasteiger partial charge in [-0.3, -0.25) is 0 Å². The van der Waals surface area contributed by atoms with E-state index >= 15 is 0 Å². The normalized spacial score (nSPS) is 23.2. The summed E-state index contributed by atoms with van der Waals surface area (Å²) in [4.78, 5) is 0. The van der Waals surface area contributed by atoms with Crippen LogP contribution in [-0.2, 0) is 6.42 Å². The minimum atomic E-state index is 0.443. The van der Waals surface area contributed by atoms with E-state index in [9.17, 15) is 0 Å². The molecule has 1 aliphatic heterocycles. The molecule has 0 fully saturated rings. The molecule has 2 nitrogen and oxygen atoms in total. The maximum atomic E-state index is 3.96. The maximum Gasteiger partial charge on any atom is 0.0398 e. The highest BCUT2D eigenvalue weighted by Crippen LogP contribution is 2.34. The molecule has 0 bridgehead atoms. The van der Waals surface area contributed by atoms with Crippen LogP contribution in [-0.4, -0.2) is 19.1 Å². The van der Waals surface area contributed by atoms with Gasteiger partial charge in [0.05, 0.1) is 0 Å². The van der Waals surface area contributed by atoms with Gasteiger partial charge in [0.1, 0.15) is 0 Å². The Morgan fingerprint density at radius 1 is 0.977 bits per heavy atom. The molecule has 0 amide bonds. The van der Waals surface area contributed by atoms with E-state index in [-0.39, 0.29) is 0 Å². The van der Waals surface area contributed by atoms with Gasteiger partial charge in [-0.05, 0) is 125 Å². The average molecular weight is 583 g/mol. The molecule has 1 heterocycles. The minimum absolute atomic E-state index is 0.443. The summed E-state index contributed by atoms with van der Waals surface area (Å²) in [5.41, 5.74) is 9.96. The SMILES string of the molecule is CCCCCc1cccc(C2=c3ccccc3=C(/C(C)=C/C=C(\CNC3C=CCC4C=CCCC43)C3=CC=CNC3)CC2)c1. The van der Waals surface area contributed by atoms with Crippen LogP contribution in [0.4, 0.5) is 0 Å². The van der Waals surface area contributed by atoms with Crippen LogP contribution in [0.2, 0.25) is 0 Å². The molecule has 0 saturated heterocycles. The number of aryl methyl sites for hydroxylation is 1. The lowest BCUT2D eigenvalue weighted by molar-refractivity contribution is 0.284. The van der Waals surface area contributed by atoms with E-state index in [1.54, 1.807) is 0 Å². The number of hydrogen-bond acceptors (Lipinski definition) is 2. The molecule has 0 saturated carbocycles. The summed E-state index contributed by atoms with van der Waals surface area (Å²) in [6.45, 7) is 6.35. The summed E-state index contributed by atoms with van der Waals surface area (Å²) in [6.07, 6.45) is 31.7. The predicted octanol–water partition coefficient (Wildman–Crippen LogP) is 7.98. The molecular formula is C42H50N2. The predicted molar refractivity (Wildman–Crippen MR) is 188 cm³/mol. The second-order valence-corrected chi connectivity index (χ2v) is 13.0. The molecule has 2 aromatic rings. The van der Waals surface area contributed by atoms with Gasteiger partial charge in [-0.2, -0.15) is 0 Å². The minimum Gasteiger partial charge on any atom is -0.387 e.